The van der Waals surface area contributed by atoms with E-state index in [0.717, 1.165) is 11.3 Å². The Bertz CT molecular complexity index is 727. The Hall–Kier alpha value is -2.68. The number of aryl methyl sites for hydroxylation is 1. The van der Waals surface area contributed by atoms with Gasteiger partial charge in [0, 0.05) is 11.6 Å². The molecule has 1 aromatic carbocycles. The van der Waals surface area contributed by atoms with Crippen molar-refractivity contribution in [2.45, 2.75) is 13.8 Å². The summed E-state index contributed by atoms with van der Waals surface area (Å²) in [5, 5.41) is 21.0. The molecular formula is C13H12N2O6S. The lowest BCUT2D eigenvalue weighted by molar-refractivity contribution is -0.385. The standard InChI is InChI=1S/C13H12N2O6S/c1-3-20-13(17)21-12-7(2)14-11(22-12)8-4-5-10(16)9(6-8)15(18)19/h4-6,16H,3H2,1-2H3. The molecular weight excluding hydrogens is 312 g/mol. The molecule has 2 rings (SSSR count). The summed E-state index contributed by atoms with van der Waals surface area (Å²) in [6.45, 7) is 3.48. The van der Waals surface area contributed by atoms with Gasteiger partial charge in [0.25, 0.3) is 0 Å². The SMILES string of the molecule is CCOC(=O)Oc1sc(-c2ccc(O)c([N+](=O)[O-])c2)nc1C. The fourth-order valence-corrected chi connectivity index (χ4v) is 2.53. The zero-order chi connectivity index (χ0) is 16.3. The summed E-state index contributed by atoms with van der Waals surface area (Å²) in [5.74, 6) is -0.426. The van der Waals surface area contributed by atoms with Crippen LogP contribution in [0.25, 0.3) is 10.6 Å². The topological polar surface area (TPSA) is 112 Å². The van der Waals surface area contributed by atoms with E-state index in [1.165, 1.54) is 18.2 Å². The molecule has 0 saturated carbocycles. The highest BCUT2D eigenvalue weighted by Crippen LogP contribution is 2.37. The molecule has 0 radical (unpaired) electrons. The molecule has 0 amide bonds. The van der Waals surface area contributed by atoms with E-state index in [0.29, 0.717) is 16.3 Å². The quantitative estimate of drug-likeness (QED) is 0.521. The number of phenolic OH excluding ortho intramolecular Hbond substituents is 1. The van der Waals surface area contributed by atoms with Crippen molar-refractivity contribution in [1.82, 2.24) is 4.98 Å². The number of carbonyl (C=O) groups excluding carboxylic acids is 1. The fourth-order valence-electron chi connectivity index (χ4n) is 1.63. The number of phenols is 1. The Kier molecular flexibility index (Phi) is 4.56. The van der Waals surface area contributed by atoms with E-state index in [1.807, 2.05) is 0 Å². The van der Waals surface area contributed by atoms with Gasteiger partial charge in [-0.05, 0) is 26.0 Å². The first kappa shape index (κ1) is 15.7. The number of thiazole rings is 1. The number of aromatic nitrogens is 1. The molecule has 0 unspecified atom stereocenters. The van der Waals surface area contributed by atoms with Crippen molar-refractivity contribution in [2.75, 3.05) is 6.61 Å². The average Bonchev–Trinajstić information content (AvgIpc) is 2.80. The second-order valence-corrected chi connectivity index (χ2v) is 5.10. The number of benzene rings is 1. The summed E-state index contributed by atoms with van der Waals surface area (Å²) in [5.41, 5.74) is 0.485. The van der Waals surface area contributed by atoms with E-state index in [1.54, 1.807) is 13.8 Å². The van der Waals surface area contributed by atoms with E-state index in [2.05, 4.69) is 9.72 Å². The van der Waals surface area contributed by atoms with E-state index >= 15 is 0 Å². The molecule has 1 aromatic heterocycles. The summed E-state index contributed by atoms with van der Waals surface area (Å²) in [6.07, 6.45) is -0.836. The maximum absolute atomic E-state index is 11.3. The maximum atomic E-state index is 11.3. The van der Waals surface area contributed by atoms with Crippen LogP contribution in [0, 0.1) is 17.0 Å². The van der Waals surface area contributed by atoms with Crippen LogP contribution in [0.1, 0.15) is 12.6 Å². The molecule has 8 nitrogen and oxygen atoms in total. The normalized spacial score (nSPS) is 10.3. The summed E-state index contributed by atoms with van der Waals surface area (Å²) in [4.78, 5) is 25.7. The molecule has 0 fully saturated rings. The Morgan fingerprint density at radius 2 is 2.23 bits per heavy atom. The van der Waals surface area contributed by atoms with Gasteiger partial charge in [0.05, 0.1) is 17.2 Å². The van der Waals surface area contributed by atoms with Gasteiger partial charge in [-0.3, -0.25) is 10.1 Å². The molecule has 1 heterocycles. The van der Waals surface area contributed by atoms with Crippen molar-refractivity contribution in [3.63, 3.8) is 0 Å². The third kappa shape index (κ3) is 3.31. The van der Waals surface area contributed by atoms with E-state index in [-0.39, 0.29) is 11.7 Å². The lowest BCUT2D eigenvalue weighted by Crippen LogP contribution is -2.09. The number of hydrogen-bond donors (Lipinski definition) is 1. The number of nitrogens with zero attached hydrogens (tertiary/aromatic N) is 2. The first-order valence-electron chi connectivity index (χ1n) is 6.22. The Morgan fingerprint density at radius 3 is 2.86 bits per heavy atom. The highest BCUT2D eigenvalue weighted by Gasteiger charge is 2.19. The molecule has 9 heteroatoms. The number of ether oxygens (including phenoxy) is 2. The summed E-state index contributed by atoms with van der Waals surface area (Å²) in [6, 6.07) is 3.92. The van der Waals surface area contributed by atoms with Crippen LogP contribution < -0.4 is 4.74 Å². The Labute approximate surface area is 129 Å². The van der Waals surface area contributed by atoms with Gasteiger partial charge in [-0.15, -0.1) is 0 Å². The molecule has 0 saturated heterocycles. The summed E-state index contributed by atoms with van der Waals surface area (Å²) >= 11 is 1.05. The molecule has 1 N–H and O–H groups in total. The largest absolute Gasteiger partial charge is 0.514 e. The predicted octanol–water partition coefficient (Wildman–Crippen LogP) is 3.27. The minimum atomic E-state index is -0.836. The number of hydrogen-bond acceptors (Lipinski definition) is 8. The highest BCUT2D eigenvalue weighted by atomic mass is 32.1. The Balaban J connectivity index is 2.32. The number of rotatable bonds is 4. The molecule has 2 aromatic rings. The third-order valence-corrected chi connectivity index (χ3v) is 3.70. The van der Waals surface area contributed by atoms with Gasteiger partial charge in [0.1, 0.15) is 5.01 Å². The van der Waals surface area contributed by atoms with Crippen LogP contribution in [-0.4, -0.2) is 27.8 Å². The van der Waals surface area contributed by atoms with Crippen LogP contribution in [0.3, 0.4) is 0 Å². The zero-order valence-electron chi connectivity index (χ0n) is 11.7. The highest BCUT2D eigenvalue weighted by molar-refractivity contribution is 7.17. The number of carbonyl (C=O) groups is 1. The van der Waals surface area contributed by atoms with Gasteiger partial charge in [-0.25, -0.2) is 9.78 Å². The monoisotopic (exact) mass is 324 g/mol. The average molecular weight is 324 g/mol. The van der Waals surface area contributed by atoms with E-state index < -0.39 is 22.5 Å². The molecule has 0 spiro atoms. The van der Waals surface area contributed by atoms with E-state index in [4.69, 9.17) is 4.74 Å². The zero-order valence-corrected chi connectivity index (χ0v) is 12.5. The molecule has 0 aliphatic heterocycles. The number of nitro groups is 1. The van der Waals surface area contributed by atoms with Crippen molar-refractivity contribution < 1.29 is 24.3 Å². The van der Waals surface area contributed by atoms with Crippen LogP contribution >= 0.6 is 11.3 Å². The van der Waals surface area contributed by atoms with Crippen LogP contribution in [0.4, 0.5) is 10.5 Å². The minimum Gasteiger partial charge on any atom is -0.502 e. The molecule has 0 atom stereocenters. The lowest BCUT2D eigenvalue weighted by Gasteiger charge is -2.01. The van der Waals surface area contributed by atoms with Crippen LogP contribution in [0.5, 0.6) is 10.8 Å². The van der Waals surface area contributed by atoms with Gasteiger partial charge in [-0.2, -0.15) is 0 Å². The smallest absolute Gasteiger partial charge is 0.502 e. The maximum Gasteiger partial charge on any atom is 0.514 e. The lowest BCUT2D eigenvalue weighted by atomic mass is 10.2. The van der Waals surface area contributed by atoms with Gasteiger partial charge in [0.2, 0.25) is 5.06 Å². The molecule has 22 heavy (non-hydrogen) atoms. The fraction of sp³-hybridized carbons (Fsp3) is 0.231. The molecule has 116 valence electrons. The first-order valence-corrected chi connectivity index (χ1v) is 7.03. The van der Waals surface area contributed by atoms with Gasteiger partial charge < -0.3 is 14.6 Å². The van der Waals surface area contributed by atoms with Crippen molar-refractivity contribution in [2.24, 2.45) is 0 Å². The second kappa shape index (κ2) is 6.39. The van der Waals surface area contributed by atoms with Crippen molar-refractivity contribution >= 4 is 23.2 Å². The van der Waals surface area contributed by atoms with Gasteiger partial charge in [-0.1, -0.05) is 11.3 Å². The van der Waals surface area contributed by atoms with Gasteiger partial charge in [0.15, 0.2) is 5.75 Å². The molecule has 0 aliphatic carbocycles. The number of nitro benzene ring substituents is 1. The van der Waals surface area contributed by atoms with Crippen molar-refractivity contribution in [3.8, 4) is 21.4 Å². The summed E-state index contributed by atoms with van der Waals surface area (Å²) in [7, 11) is 0. The van der Waals surface area contributed by atoms with Crippen molar-refractivity contribution in [1.29, 1.82) is 0 Å². The summed E-state index contributed by atoms with van der Waals surface area (Å²) < 4.78 is 9.68. The number of aromatic hydroxyl groups is 1. The van der Waals surface area contributed by atoms with Crippen molar-refractivity contribution in [3.05, 3.63) is 34.0 Å². The predicted molar refractivity (Wildman–Crippen MR) is 78.3 cm³/mol. The third-order valence-electron chi connectivity index (χ3n) is 2.61. The Morgan fingerprint density at radius 1 is 1.50 bits per heavy atom. The first-order chi connectivity index (χ1) is 10.4. The van der Waals surface area contributed by atoms with Gasteiger partial charge >= 0.3 is 11.8 Å². The van der Waals surface area contributed by atoms with Crippen LogP contribution in [0.2, 0.25) is 0 Å². The van der Waals surface area contributed by atoms with E-state index in [9.17, 15) is 20.0 Å². The molecule has 0 aliphatic rings. The second-order valence-electron chi connectivity index (χ2n) is 4.14. The van der Waals surface area contributed by atoms with Crippen LogP contribution in [-0.2, 0) is 4.74 Å². The minimum absolute atomic E-state index is 0.188. The van der Waals surface area contributed by atoms with Crippen LogP contribution in [0.15, 0.2) is 18.2 Å². The molecule has 0 bridgehead atoms.